The fraction of sp³-hybridized carbons (Fsp3) is 0.448. The van der Waals surface area contributed by atoms with Crippen LogP contribution in [-0.4, -0.2) is 82.5 Å². The Morgan fingerprint density at radius 1 is 0.738 bits per heavy atom. The standard InChI is InChI=1S/C29H36N2O8S3/c1-38-28(34)22(16-40-3)30-26(32)20-15-21(27(33)31-23(17-41-4)29(35)39-2)25(19-13-9-6-10-14-19)42(36,37)24(20)18-11-7-5-8-12-18/h5-14,20-25H,15-17H2,1-4H3,(H,30,32)(H,31,33). The molecular weight excluding hydrogens is 601 g/mol. The molecule has 1 saturated heterocycles. The first kappa shape index (κ1) is 33.5. The third kappa shape index (κ3) is 7.67. The van der Waals surface area contributed by atoms with Gasteiger partial charge in [0.15, 0.2) is 9.84 Å². The molecule has 2 N–H and O–H groups in total. The lowest BCUT2D eigenvalue weighted by Crippen LogP contribution is -2.54. The van der Waals surface area contributed by atoms with Crippen molar-refractivity contribution in [1.82, 2.24) is 10.6 Å². The van der Waals surface area contributed by atoms with Gasteiger partial charge in [0.1, 0.15) is 12.1 Å². The van der Waals surface area contributed by atoms with E-state index in [0.29, 0.717) is 11.1 Å². The number of esters is 2. The normalized spacial score (nSPS) is 22.7. The van der Waals surface area contributed by atoms with Crippen LogP contribution in [0.2, 0.25) is 0 Å². The highest BCUT2D eigenvalue weighted by Crippen LogP contribution is 2.51. The van der Waals surface area contributed by atoms with Crippen molar-refractivity contribution in [1.29, 1.82) is 0 Å². The number of rotatable bonds is 12. The number of nitrogens with one attached hydrogen (secondary N) is 2. The molecule has 6 unspecified atom stereocenters. The van der Waals surface area contributed by atoms with Crippen LogP contribution < -0.4 is 10.6 Å². The van der Waals surface area contributed by atoms with Crippen LogP contribution in [0.25, 0.3) is 0 Å². The number of ether oxygens (including phenoxy) is 2. The van der Waals surface area contributed by atoms with Gasteiger partial charge >= 0.3 is 11.9 Å². The molecule has 0 bridgehead atoms. The van der Waals surface area contributed by atoms with Crippen molar-refractivity contribution >= 4 is 57.1 Å². The number of carbonyl (C=O) groups excluding carboxylic acids is 4. The van der Waals surface area contributed by atoms with Crippen molar-refractivity contribution < 1.29 is 37.1 Å². The van der Waals surface area contributed by atoms with Crippen LogP contribution in [0.1, 0.15) is 28.0 Å². The second kappa shape index (κ2) is 15.4. The van der Waals surface area contributed by atoms with Crippen LogP contribution in [-0.2, 0) is 38.5 Å². The van der Waals surface area contributed by atoms with Gasteiger partial charge in [0, 0.05) is 11.5 Å². The molecule has 42 heavy (non-hydrogen) atoms. The Bertz CT molecular complexity index is 1250. The van der Waals surface area contributed by atoms with Crippen molar-refractivity contribution in [3.05, 3.63) is 71.8 Å². The highest BCUT2D eigenvalue weighted by Gasteiger charge is 2.55. The Balaban J connectivity index is 2.15. The molecule has 1 fully saturated rings. The van der Waals surface area contributed by atoms with Crippen molar-refractivity contribution in [2.75, 3.05) is 38.2 Å². The SMILES string of the molecule is COC(=O)C(CSC)NC(=O)C1CC(C(=O)NC(CSC)C(=O)OC)C(c2ccccc2)S(=O)(=O)C1c1ccccc1. The fourth-order valence-corrected chi connectivity index (χ4v) is 9.15. The van der Waals surface area contributed by atoms with E-state index in [2.05, 4.69) is 10.6 Å². The Morgan fingerprint density at radius 3 is 1.40 bits per heavy atom. The third-order valence-corrected chi connectivity index (χ3v) is 11.1. The van der Waals surface area contributed by atoms with Gasteiger partial charge in [0.2, 0.25) is 11.8 Å². The summed E-state index contributed by atoms with van der Waals surface area (Å²) < 4.78 is 38.9. The molecule has 0 saturated carbocycles. The van der Waals surface area contributed by atoms with E-state index in [4.69, 9.17) is 9.47 Å². The molecule has 228 valence electrons. The third-order valence-electron chi connectivity index (χ3n) is 7.15. The minimum Gasteiger partial charge on any atom is -0.467 e. The predicted octanol–water partition coefficient (Wildman–Crippen LogP) is 2.56. The van der Waals surface area contributed by atoms with Gasteiger partial charge in [0.25, 0.3) is 0 Å². The quantitative estimate of drug-likeness (QED) is 0.334. The van der Waals surface area contributed by atoms with Gasteiger partial charge in [0.05, 0.1) is 36.6 Å². The number of hydrogen-bond acceptors (Lipinski definition) is 10. The Labute approximate surface area is 255 Å². The van der Waals surface area contributed by atoms with E-state index >= 15 is 0 Å². The number of methoxy groups -OCH3 is 2. The number of amides is 2. The number of carbonyl (C=O) groups is 4. The maximum Gasteiger partial charge on any atom is 0.329 e. The van der Waals surface area contributed by atoms with Gasteiger partial charge in [-0.15, -0.1) is 0 Å². The zero-order valence-electron chi connectivity index (χ0n) is 23.8. The molecule has 1 aliphatic heterocycles. The highest BCUT2D eigenvalue weighted by atomic mass is 32.2. The molecule has 0 radical (unpaired) electrons. The van der Waals surface area contributed by atoms with Crippen molar-refractivity contribution in [2.45, 2.75) is 29.0 Å². The predicted molar refractivity (Wildman–Crippen MR) is 164 cm³/mol. The van der Waals surface area contributed by atoms with Crippen LogP contribution in [0.3, 0.4) is 0 Å². The number of hydrogen-bond donors (Lipinski definition) is 2. The Morgan fingerprint density at radius 2 is 1.10 bits per heavy atom. The fourth-order valence-electron chi connectivity index (χ4n) is 5.27. The molecule has 1 heterocycles. The van der Waals surface area contributed by atoms with Gasteiger partial charge < -0.3 is 20.1 Å². The molecule has 6 atom stereocenters. The minimum absolute atomic E-state index is 0.156. The Hall–Kier alpha value is -3.03. The average Bonchev–Trinajstić information content (AvgIpc) is 2.99. The van der Waals surface area contributed by atoms with Crippen LogP contribution in [0.4, 0.5) is 0 Å². The summed E-state index contributed by atoms with van der Waals surface area (Å²) in [6, 6.07) is 14.7. The summed E-state index contributed by atoms with van der Waals surface area (Å²) in [6.45, 7) is 0. The summed E-state index contributed by atoms with van der Waals surface area (Å²) in [4.78, 5) is 52.5. The van der Waals surface area contributed by atoms with E-state index in [1.807, 2.05) is 0 Å². The maximum atomic E-state index is 14.6. The Kier molecular flexibility index (Phi) is 12.3. The van der Waals surface area contributed by atoms with Gasteiger partial charge in [-0.1, -0.05) is 60.7 Å². The highest BCUT2D eigenvalue weighted by molar-refractivity contribution is 7.98. The molecule has 2 amide bonds. The molecule has 0 aliphatic carbocycles. The average molecular weight is 637 g/mol. The first-order valence-corrected chi connectivity index (χ1v) is 17.6. The summed E-state index contributed by atoms with van der Waals surface area (Å²) in [5, 5.41) is 2.74. The smallest absolute Gasteiger partial charge is 0.329 e. The van der Waals surface area contributed by atoms with E-state index in [1.54, 1.807) is 73.2 Å². The maximum absolute atomic E-state index is 14.6. The van der Waals surface area contributed by atoms with E-state index in [0.717, 1.165) is 0 Å². The summed E-state index contributed by atoms with van der Waals surface area (Å²) in [5.74, 6) is -4.73. The molecule has 2 aromatic carbocycles. The molecule has 13 heteroatoms. The van der Waals surface area contributed by atoms with Crippen molar-refractivity contribution in [2.24, 2.45) is 11.8 Å². The van der Waals surface area contributed by atoms with Gasteiger partial charge in [-0.25, -0.2) is 18.0 Å². The van der Waals surface area contributed by atoms with Crippen LogP contribution >= 0.6 is 23.5 Å². The molecule has 0 spiro atoms. The molecular formula is C29H36N2O8S3. The van der Waals surface area contributed by atoms with Crippen LogP contribution in [0.5, 0.6) is 0 Å². The first-order valence-electron chi connectivity index (χ1n) is 13.2. The topological polar surface area (TPSA) is 145 Å². The van der Waals surface area contributed by atoms with E-state index in [9.17, 15) is 27.6 Å². The second-order valence-electron chi connectivity index (χ2n) is 9.78. The summed E-state index contributed by atoms with van der Waals surface area (Å²) >= 11 is 2.63. The molecule has 1 aliphatic rings. The minimum atomic E-state index is -4.27. The number of sulfone groups is 1. The lowest BCUT2D eigenvalue weighted by molar-refractivity contribution is -0.145. The first-order chi connectivity index (χ1) is 20.1. The molecule has 3 rings (SSSR count). The second-order valence-corrected chi connectivity index (χ2v) is 13.8. The van der Waals surface area contributed by atoms with Crippen molar-refractivity contribution in [3.8, 4) is 0 Å². The zero-order valence-corrected chi connectivity index (χ0v) is 26.3. The van der Waals surface area contributed by atoms with Gasteiger partial charge in [-0.2, -0.15) is 23.5 Å². The number of thioether (sulfide) groups is 2. The molecule has 0 aromatic heterocycles. The van der Waals surface area contributed by atoms with Crippen LogP contribution in [0, 0.1) is 11.8 Å². The summed E-state index contributed by atoms with van der Waals surface area (Å²) in [6.07, 6.45) is 3.37. The zero-order chi connectivity index (χ0) is 30.9. The summed E-state index contributed by atoms with van der Waals surface area (Å²) in [7, 11) is -1.86. The monoisotopic (exact) mass is 636 g/mol. The van der Waals surface area contributed by atoms with Gasteiger partial charge in [-0.05, 0) is 30.1 Å². The van der Waals surface area contributed by atoms with Crippen molar-refractivity contribution in [3.63, 3.8) is 0 Å². The van der Waals surface area contributed by atoms with E-state index < -0.39 is 68.0 Å². The van der Waals surface area contributed by atoms with E-state index in [-0.39, 0.29) is 17.9 Å². The molecule has 10 nitrogen and oxygen atoms in total. The number of benzene rings is 2. The van der Waals surface area contributed by atoms with Gasteiger partial charge in [-0.3, -0.25) is 9.59 Å². The lowest BCUT2D eigenvalue weighted by Gasteiger charge is -2.41. The van der Waals surface area contributed by atoms with Crippen LogP contribution in [0.15, 0.2) is 60.7 Å². The molecule has 2 aromatic rings. The summed E-state index contributed by atoms with van der Waals surface area (Å²) in [5.41, 5.74) is 0.790. The lowest BCUT2D eigenvalue weighted by atomic mass is 9.83. The van der Waals surface area contributed by atoms with E-state index in [1.165, 1.54) is 37.7 Å². The largest absolute Gasteiger partial charge is 0.467 e.